The molecule has 2 aliphatic heterocycles. The fourth-order valence-corrected chi connectivity index (χ4v) is 7.65. The molecule has 5 aromatic carbocycles. The van der Waals surface area contributed by atoms with Crippen LogP contribution in [-0.4, -0.2) is 88.0 Å². The molecule has 5 aromatic rings. The van der Waals surface area contributed by atoms with E-state index < -0.39 is 11.5 Å². The number of rotatable bonds is 12. The Morgan fingerprint density at radius 3 is 1.59 bits per heavy atom. The van der Waals surface area contributed by atoms with E-state index in [0.29, 0.717) is 52.6 Å². The van der Waals surface area contributed by atoms with E-state index in [1.807, 2.05) is 59.5 Å². The number of nitrogens with zero attached hydrogens (tertiary/aromatic N) is 4. The summed E-state index contributed by atoms with van der Waals surface area (Å²) in [6.07, 6.45) is 2.56. The van der Waals surface area contributed by atoms with Gasteiger partial charge >= 0.3 is 11.5 Å². The molecule has 0 bridgehead atoms. The fourth-order valence-electron chi connectivity index (χ4n) is 7.33. The molecular weight excluding hydrogens is 885 g/mol. The molecule has 2 heterocycles. The number of ether oxygens (including phenoxy) is 4. The molecule has 10 nitrogen and oxygen atoms in total. The van der Waals surface area contributed by atoms with Crippen LogP contribution in [0, 0.1) is 11.6 Å². The van der Waals surface area contributed by atoms with Crippen LogP contribution in [0.2, 0.25) is 10.0 Å². The first-order chi connectivity index (χ1) is 30.9. The van der Waals surface area contributed by atoms with Crippen molar-refractivity contribution in [2.45, 2.75) is 18.6 Å². The summed E-state index contributed by atoms with van der Waals surface area (Å²) in [4.78, 5) is 30.2. The maximum Gasteiger partial charge on any atom is 0.410 e. The van der Waals surface area contributed by atoms with Crippen LogP contribution in [-0.2, 0) is 16.0 Å². The van der Waals surface area contributed by atoms with Gasteiger partial charge in [0.15, 0.2) is 0 Å². The van der Waals surface area contributed by atoms with Crippen LogP contribution in [0.15, 0.2) is 141 Å². The molecule has 2 aliphatic rings. The predicted molar refractivity (Wildman–Crippen MR) is 251 cm³/mol. The zero-order valence-corrected chi connectivity index (χ0v) is 38.0. The van der Waals surface area contributed by atoms with Gasteiger partial charge in [-0.1, -0.05) is 103 Å². The quantitative estimate of drug-likeness (QED) is 0.0897. The zero-order valence-electron chi connectivity index (χ0n) is 35.7. The first-order valence-corrected chi connectivity index (χ1v) is 21.5. The maximum atomic E-state index is 14.9. The molecule has 0 unspecified atom stereocenters. The van der Waals surface area contributed by atoms with E-state index in [4.69, 9.17) is 49.0 Å². The summed E-state index contributed by atoms with van der Waals surface area (Å²) >= 11 is 16.9. The number of piperazine rings is 2. The lowest BCUT2D eigenvalue weighted by Crippen LogP contribution is -2.51. The van der Waals surface area contributed by atoms with Crippen molar-refractivity contribution in [3.05, 3.63) is 179 Å². The van der Waals surface area contributed by atoms with Gasteiger partial charge in [0.25, 0.3) is 0 Å². The minimum absolute atomic E-state index is 0.0348. The van der Waals surface area contributed by atoms with Crippen molar-refractivity contribution in [1.82, 2.24) is 9.80 Å². The molecule has 7 rings (SSSR count). The smallest absolute Gasteiger partial charge is 0.410 e. The number of halogens is 5. The molecule has 338 valence electrons. The van der Waals surface area contributed by atoms with Crippen LogP contribution >= 0.6 is 34.8 Å². The molecule has 2 fully saturated rings. The minimum Gasteiger partial charge on any atom is -0.497 e. The van der Waals surface area contributed by atoms with Crippen molar-refractivity contribution in [1.29, 1.82) is 0 Å². The Labute approximate surface area is 388 Å². The lowest BCUT2D eigenvalue weighted by atomic mass is 10.0. The Morgan fingerprint density at radius 1 is 0.656 bits per heavy atom. The van der Waals surface area contributed by atoms with E-state index in [9.17, 15) is 18.4 Å². The number of amides is 1. The van der Waals surface area contributed by atoms with E-state index in [2.05, 4.69) is 52.0 Å². The molecule has 0 N–H and O–H groups in total. The molecule has 0 aromatic heterocycles. The first kappa shape index (κ1) is 49.2. The minimum atomic E-state index is -0.792. The molecule has 15 heteroatoms. The van der Waals surface area contributed by atoms with Gasteiger partial charge in [-0.05, 0) is 65.2 Å². The fraction of sp³-hybridized carbons (Fsp3) is 0.265. The number of hydrogen-bond donors (Lipinski definition) is 0. The SMILES string of the molecule is C=CCOC(=O)Cl.C=CCOC(=O)N1CCN(c2ccc(OC)cc2F)[C@H](c2ccc(Cl)cc2)C1.COc1ccc(N2CCN(Cc3ccccc3)C[C@H]2c2ccc(Cl)cc2)c(F)c1. The molecule has 64 heavy (non-hydrogen) atoms. The molecule has 2 saturated heterocycles. The van der Waals surface area contributed by atoms with E-state index in [-0.39, 0.29) is 36.9 Å². The van der Waals surface area contributed by atoms with Crippen molar-refractivity contribution >= 4 is 57.7 Å². The van der Waals surface area contributed by atoms with Crippen molar-refractivity contribution in [3.63, 3.8) is 0 Å². The number of anilines is 2. The first-order valence-electron chi connectivity index (χ1n) is 20.4. The summed E-state index contributed by atoms with van der Waals surface area (Å²) in [5.74, 6) is 0.341. The summed E-state index contributed by atoms with van der Waals surface area (Å²) in [6.45, 7) is 11.7. The van der Waals surface area contributed by atoms with Crippen LogP contribution in [0.25, 0.3) is 0 Å². The van der Waals surface area contributed by atoms with E-state index in [0.717, 1.165) is 37.3 Å². The Kier molecular flexibility index (Phi) is 19.1. The predicted octanol–water partition coefficient (Wildman–Crippen LogP) is 11.8. The van der Waals surface area contributed by atoms with Crippen molar-refractivity contribution in [2.75, 3.05) is 76.5 Å². The number of carbonyl (C=O) groups is 2. The number of carbonyl (C=O) groups excluding carboxylic acids is 2. The van der Waals surface area contributed by atoms with E-state index in [1.54, 1.807) is 36.3 Å². The Hall–Kier alpha value is -5.79. The Morgan fingerprint density at radius 2 is 1.14 bits per heavy atom. The third-order valence-corrected chi connectivity index (χ3v) is 11.0. The van der Waals surface area contributed by atoms with Gasteiger partial charge in [0.05, 0.1) is 37.7 Å². The van der Waals surface area contributed by atoms with E-state index >= 15 is 0 Å². The van der Waals surface area contributed by atoms with Crippen LogP contribution in [0.4, 0.5) is 29.7 Å². The van der Waals surface area contributed by atoms with Gasteiger partial charge in [-0.2, -0.15) is 0 Å². The van der Waals surface area contributed by atoms with Gasteiger partial charge in [-0.25, -0.2) is 18.4 Å². The Bertz CT molecular complexity index is 2290. The lowest BCUT2D eigenvalue weighted by molar-refractivity contribution is 0.104. The highest BCUT2D eigenvalue weighted by Gasteiger charge is 2.33. The van der Waals surface area contributed by atoms with Gasteiger partial charge in [0, 0.05) is 79.6 Å². The maximum absolute atomic E-state index is 14.9. The van der Waals surface area contributed by atoms with Gasteiger partial charge in [-0.3, -0.25) is 4.90 Å². The van der Waals surface area contributed by atoms with Crippen molar-refractivity contribution < 1.29 is 37.3 Å². The largest absolute Gasteiger partial charge is 0.497 e. The summed E-state index contributed by atoms with van der Waals surface area (Å²) in [5, 5.41) is 1.32. The highest BCUT2D eigenvalue weighted by molar-refractivity contribution is 6.61. The molecule has 0 aliphatic carbocycles. The topological polar surface area (TPSA) is 84.0 Å². The van der Waals surface area contributed by atoms with Crippen LogP contribution in [0.1, 0.15) is 28.8 Å². The van der Waals surface area contributed by atoms with Crippen LogP contribution < -0.4 is 19.3 Å². The van der Waals surface area contributed by atoms with Crippen molar-refractivity contribution in [2.24, 2.45) is 0 Å². The standard InChI is InChI=1S/C24H24ClFN2O.C21H22ClFN2O3.C4H5ClO2/c1-29-21-11-12-23(22(26)15-21)28-14-13-27(16-18-5-3-2-4-6-18)17-24(28)19-7-9-20(25)10-8-19;1-3-12-28-21(26)24-10-11-25(19-9-8-17(27-2)13-18(19)23)20(14-24)15-4-6-16(22)7-5-15;1-2-3-7-4(5)6/h2-12,15,24H,13-14,16-17H2,1H3;3-9,13,20H,1,10-12,14H2,2H3;2H,1,3H2/t24-;20-;/m00./s1. The molecule has 0 radical (unpaired) electrons. The third kappa shape index (κ3) is 14.1. The molecule has 1 amide bonds. The lowest BCUT2D eigenvalue weighted by Gasteiger charge is -2.43. The average Bonchev–Trinajstić information content (AvgIpc) is 3.31. The summed E-state index contributed by atoms with van der Waals surface area (Å²) in [7, 11) is 3.05. The number of hydrogen-bond acceptors (Lipinski definition) is 9. The van der Waals surface area contributed by atoms with Gasteiger partial charge in [0.1, 0.15) is 36.3 Å². The van der Waals surface area contributed by atoms with E-state index in [1.165, 1.54) is 37.0 Å². The number of methoxy groups -OCH3 is 2. The van der Waals surface area contributed by atoms with Gasteiger partial charge < -0.3 is 33.6 Å². The second kappa shape index (κ2) is 24.9. The highest BCUT2D eigenvalue weighted by Crippen LogP contribution is 2.36. The van der Waals surface area contributed by atoms with Gasteiger partial charge in [-0.15, -0.1) is 0 Å². The van der Waals surface area contributed by atoms with Crippen LogP contribution in [0.3, 0.4) is 0 Å². The highest BCUT2D eigenvalue weighted by atomic mass is 35.5. The average molecular weight is 936 g/mol. The molecular formula is C49H51Cl3F2N4O6. The summed E-state index contributed by atoms with van der Waals surface area (Å²) in [5.41, 5.74) is 3.61. The second-order valence-corrected chi connectivity index (χ2v) is 15.7. The number of benzene rings is 5. The zero-order chi connectivity index (χ0) is 46.0. The monoisotopic (exact) mass is 934 g/mol. The third-order valence-electron chi connectivity index (χ3n) is 10.4. The summed E-state index contributed by atoms with van der Waals surface area (Å²) in [6, 6.07) is 35.3. The second-order valence-electron chi connectivity index (χ2n) is 14.5. The normalized spacial score (nSPS) is 16.0. The molecule has 0 spiro atoms. The van der Waals surface area contributed by atoms with Crippen LogP contribution in [0.5, 0.6) is 11.5 Å². The molecule has 0 saturated carbocycles. The van der Waals surface area contributed by atoms with Crippen molar-refractivity contribution in [3.8, 4) is 11.5 Å². The molecule has 2 atom stereocenters. The summed E-state index contributed by atoms with van der Waals surface area (Å²) < 4.78 is 49.2. The van der Waals surface area contributed by atoms with Gasteiger partial charge in [0.2, 0.25) is 0 Å². The Balaban J connectivity index is 0.000000210.